The summed E-state index contributed by atoms with van der Waals surface area (Å²) in [7, 11) is 0. The SMILES string of the molecule is O=C(CNC12CC=C(C=C3C=CC(=N3)C=c3ccc([nH]3)=CC3=NC(C(F)(F)F)(C=C3)C1)N2)NC1CNC1. The number of alkyl halides is 3. The van der Waals surface area contributed by atoms with Crippen molar-refractivity contribution < 1.29 is 18.0 Å². The summed E-state index contributed by atoms with van der Waals surface area (Å²) in [6.07, 6.45) is 8.47. The molecule has 5 aliphatic rings. The Balaban J connectivity index is 1.38. The van der Waals surface area contributed by atoms with E-state index in [2.05, 4.69) is 36.2 Å². The summed E-state index contributed by atoms with van der Waals surface area (Å²) in [5.74, 6) is -0.270. The number of aromatic nitrogens is 1. The minimum Gasteiger partial charge on any atom is -0.367 e. The largest absolute Gasteiger partial charge is 0.417 e. The lowest BCUT2D eigenvalue weighted by Crippen LogP contribution is -2.63. The van der Waals surface area contributed by atoms with Crippen LogP contribution in [0.1, 0.15) is 12.8 Å². The summed E-state index contributed by atoms with van der Waals surface area (Å²) >= 11 is 0. The molecule has 8 nitrogen and oxygen atoms in total. The van der Waals surface area contributed by atoms with Crippen LogP contribution >= 0.6 is 0 Å². The minimum absolute atomic E-state index is 0.0345. The first kappa shape index (κ1) is 23.7. The summed E-state index contributed by atoms with van der Waals surface area (Å²) in [6.45, 7) is 1.23. The van der Waals surface area contributed by atoms with Gasteiger partial charge in [-0.1, -0.05) is 6.08 Å². The highest BCUT2D eigenvalue weighted by Gasteiger charge is 2.58. The first-order valence-electron chi connectivity index (χ1n) is 12.2. The zero-order chi connectivity index (χ0) is 25.7. The predicted octanol–water partition coefficient (Wildman–Crippen LogP) is 0.437. The molecular formula is C26H26F3N7O. The highest BCUT2D eigenvalue weighted by Crippen LogP contribution is 2.44. The van der Waals surface area contributed by atoms with E-state index in [1.54, 1.807) is 18.2 Å². The van der Waals surface area contributed by atoms with Crippen molar-refractivity contribution in [3.63, 3.8) is 0 Å². The van der Waals surface area contributed by atoms with E-state index in [-0.39, 0.29) is 30.6 Å². The molecule has 6 rings (SSSR count). The average Bonchev–Trinajstić information content (AvgIpc) is 3.59. The molecular weight excluding hydrogens is 483 g/mol. The fraction of sp³-hybridized carbons (Fsp3) is 0.346. The lowest BCUT2D eigenvalue weighted by atomic mass is 9.86. The molecule has 0 radical (unpaired) electrons. The van der Waals surface area contributed by atoms with Crippen LogP contribution in [0.2, 0.25) is 0 Å². The maximum absolute atomic E-state index is 14.6. The van der Waals surface area contributed by atoms with Gasteiger partial charge in [-0.05, 0) is 54.7 Å². The summed E-state index contributed by atoms with van der Waals surface area (Å²) in [4.78, 5) is 24.5. The number of aromatic amines is 1. The number of nitrogens with zero attached hydrogens (tertiary/aromatic N) is 2. The third kappa shape index (κ3) is 4.72. The molecule has 0 spiro atoms. The van der Waals surface area contributed by atoms with E-state index in [4.69, 9.17) is 0 Å². The van der Waals surface area contributed by atoms with Crippen LogP contribution in [0.5, 0.6) is 0 Å². The second-order valence-corrected chi connectivity index (χ2v) is 9.91. The van der Waals surface area contributed by atoms with Crippen LogP contribution in [0.15, 0.2) is 70.0 Å². The van der Waals surface area contributed by atoms with Gasteiger partial charge in [0.15, 0.2) is 5.54 Å². The minimum atomic E-state index is -4.65. The first-order valence-corrected chi connectivity index (χ1v) is 12.2. The number of aliphatic imine (C=N–C) groups is 2. The molecule has 5 aliphatic heterocycles. The number of fused-ring (bicyclic) bond motifs is 6. The van der Waals surface area contributed by atoms with Crippen molar-refractivity contribution in [1.82, 2.24) is 26.3 Å². The Labute approximate surface area is 210 Å². The van der Waals surface area contributed by atoms with Crippen molar-refractivity contribution in [2.24, 2.45) is 9.98 Å². The van der Waals surface area contributed by atoms with Crippen molar-refractivity contribution in [2.75, 3.05) is 19.6 Å². The van der Waals surface area contributed by atoms with Gasteiger partial charge in [-0.3, -0.25) is 15.1 Å². The number of carbonyl (C=O) groups is 1. The molecule has 11 heteroatoms. The number of carbonyl (C=O) groups excluding carboxylic acids is 1. The van der Waals surface area contributed by atoms with Crippen molar-refractivity contribution in [3.05, 3.63) is 70.7 Å². The van der Waals surface area contributed by atoms with Crippen LogP contribution in [0.3, 0.4) is 0 Å². The van der Waals surface area contributed by atoms with Crippen LogP contribution < -0.4 is 32.0 Å². The Morgan fingerprint density at radius 3 is 2.59 bits per heavy atom. The number of halogens is 3. The number of rotatable bonds is 4. The number of amides is 1. The van der Waals surface area contributed by atoms with E-state index in [0.29, 0.717) is 29.8 Å². The Hall–Kier alpha value is -3.70. The van der Waals surface area contributed by atoms with Crippen LogP contribution in [0.25, 0.3) is 12.2 Å². The van der Waals surface area contributed by atoms with Gasteiger partial charge in [0.1, 0.15) is 0 Å². The highest BCUT2D eigenvalue weighted by molar-refractivity contribution is 6.19. The fourth-order valence-corrected chi connectivity index (χ4v) is 5.03. The van der Waals surface area contributed by atoms with Gasteiger partial charge in [-0.15, -0.1) is 0 Å². The quantitative estimate of drug-likeness (QED) is 0.406. The monoisotopic (exact) mass is 509 g/mol. The standard InChI is InChI=1S/C26H26F3N7O/c27-26(28,29)24-7-5-20(35-24)10-18-3-1-16(32-18)9-17-2-4-19(33-17)11-21-6-8-25(15-24,36-21)31-14-23(37)34-22-12-30-13-22/h1-7,9-11,22,30-32,36H,8,12-15H2,(H,34,37). The van der Waals surface area contributed by atoms with E-state index >= 15 is 0 Å². The van der Waals surface area contributed by atoms with Crippen LogP contribution in [0.4, 0.5) is 13.2 Å². The lowest BCUT2D eigenvalue weighted by Gasteiger charge is -2.39. The Morgan fingerprint density at radius 2 is 1.86 bits per heavy atom. The van der Waals surface area contributed by atoms with E-state index in [9.17, 15) is 18.0 Å². The van der Waals surface area contributed by atoms with Gasteiger partial charge in [-0.2, -0.15) is 13.2 Å². The Bertz CT molecular complexity index is 1440. The van der Waals surface area contributed by atoms with Gasteiger partial charge >= 0.3 is 6.18 Å². The maximum atomic E-state index is 14.6. The molecule has 37 heavy (non-hydrogen) atoms. The van der Waals surface area contributed by atoms with E-state index < -0.39 is 23.8 Å². The molecule has 1 aromatic rings. The summed E-state index contributed by atoms with van der Waals surface area (Å²) in [5.41, 5.74) is -1.43. The molecule has 0 aromatic carbocycles. The second kappa shape index (κ2) is 8.70. The Kier molecular flexibility index (Phi) is 5.57. The molecule has 1 saturated heterocycles. The molecule has 6 heterocycles. The number of nitrogens with one attached hydrogen (secondary N) is 5. The molecule has 0 aliphatic carbocycles. The normalized spacial score (nSPS) is 28.3. The molecule has 2 atom stereocenters. The Morgan fingerprint density at radius 1 is 1.08 bits per heavy atom. The second-order valence-electron chi connectivity index (χ2n) is 9.91. The molecule has 1 amide bonds. The molecule has 8 bridgehead atoms. The molecule has 0 saturated carbocycles. The molecule has 1 fully saturated rings. The maximum Gasteiger partial charge on any atom is 0.417 e. The number of hydrogen-bond donors (Lipinski definition) is 5. The van der Waals surface area contributed by atoms with Crippen molar-refractivity contribution >= 4 is 29.5 Å². The molecule has 2 unspecified atom stereocenters. The van der Waals surface area contributed by atoms with Gasteiger partial charge in [0.25, 0.3) is 0 Å². The zero-order valence-electron chi connectivity index (χ0n) is 19.8. The van der Waals surface area contributed by atoms with Gasteiger partial charge in [0.2, 0.25) is 5.91 Å². The van der Waals surface area contributed by atoms with Crippen molar-refractivity contribution in [3.8, 4) is 0 Å². The van der Waals surface area contributed by atoms with Gasteiger partial charge < -0.3 is 20.9 Å². The predicted molar refractivity (Wildman–Crippen MR) is 135 cm³/mol. The van der Waals surface area contributed by atoms with Gasteiger partial charge in [-0.25, -0.2) is 4.99 Å². The number of hydrogen-bond acceptors (Lipinski definition) is 6. The van der Waals surface area contributed by atoms with E-state index in [1.165, 1.54) is 6.08 Å². The third-order valence-corrected chi connectivity index (χ3v) is 7.03. The number of allylic oxidation sites excluding steroid dienone is 4. The molecule has 5 N–H and O–H groups in total. The first-order chi connectivity index (χ1) is 17.7. The van der Waals surface area contributed by atoms with Gasteiger partial charge in [0.05, 0.1) is 35.4 Å². The summed E-state index contributed by atoms with van der Waals surface area (Å²) in [6, 6.07) is 3.66. The third-order valence-electron chi connectivity index (χ3n) is 7.03. The molecule has 192 valence electrons. The van der Waals surface area contributed by atoms with Crippen LogP contribution in [-0.4, -0.2) is 65.4 Å². The number of H-pyrrole nitrogens is 1. The van der Waals surface area contributed by atoms with Crippen LogP contribution in [-0.2, 0) is 4.79 Å². The zero-order valence-corrected chi connectivity index (χ0v) is 19.8. The summed E-state index contributed by atoms with van der Waals surface area (Å²) < 4.78 is 43.9. The average molecular weight is 510 g/mol. The van der Waals surface area contributed by atoms with E-state index in [1.807, 2.05) is 30.4 Å². The highest BCUT2D eigenvalue weighted by atomic mass is 19.4. The summed E-state index contributed by atoms with van der Waals surface area (Å²) in [5, 5.41) is 13.7. The van der Waals surface area contributed by atoms with Crippen molar-refractivity contribution in [2.45, 2.75) is 36.3 Å². The molecule has 1 aromatic heterocycles. The smallest absolute Gasteiger partial charge is 0.367 e. The van der Waals surface area contributed by atoms with Gasteiger partial charge in [0, 0.05) is 42.3 Å². The fourth-order valence-electron chi connectivity index (χ4n) is 5.03. The van der Waals surface area contributed by atoms with Crippen LogP contribution in [0, 0.1) is 0 Å². The lowest BCUT2D eigenvalue weighted by molar-refractivity contribution is -0.176. The van der Waals surface area contributed by atoms with E-state index in [0.717, 1.165) is 17.1 Å². The van der Waals surface area contributed by atoms with Crippen molar-refractivity contribution in [1.29, 1.82) is 0 Å². The topological polar surface area (TPSA) is 106 Å².